The summed E-state index contributed by atoms with van der Waals surface area (Å²) in [6, 6.07) is 1.72. The third-order valence-electron chi connectivity index (χ3n) is 0.828. The molecule has 58 valence electrons. The van der Waals surface area contributed by atoms with Crippen molar-refractivity contribution in [2.45, 2.75) is 12.1 Å². The van der Waals surface area contributed by atoms with E-state index >= 15 is 0 Å². The average molecular weight is 169 g/mol. The van der Waals surface area contributed by atoms with Crippen LogP contribution in [0.5, 0.6) is 0 Å². The molecule has 0 bridgehead atoms. The van der Waals surface area contributed by atoms with Crippen LogP contribution >= 0.6 is 11.9 Å². The fourth-order valence-electron chi connectivity index (χ4n) is 0.456. The normalized spacial score (nSPS) is 9.18. The summed E-state index contributed by atoms with van der Waals surface area (Å²) in [5, 5.41) is 0.544. The van der Waals surface area contributed by atoms with Gasteiger partial charge in [-0.3, -0.25) is 9.52 Å². The van der Waals surface area contributed by atoms with Gasteiger partial charge in [0.2, 0.25) is 11.1 Å². The van der Waals surface area contributed by atoms with E-state index in [4.69, 9.17) is 0 Å². The summed E-state index contributed by atoms with van der Waals surface area (Å²) in [5.41, 5.74) is 0. The first-order valence-electron chi connectivity index (χ1n) is 2.99. The van der Waals surface area contributed by atoms with Crippen LogP contribution < -0.4 is 4.72 Å². The second-order valence-corrected chi connectivity index (χ2v) is 2.57. The predicted molar refractivity (Wildman–Crippen MR) is 41.7 cm³/mol. The van der Waals surface area contributed by atoms with E-state index in [-0.39, 0.29) is 5.91 Å². The Labute approximate surface area is 68.6 Å². The van der Waals surface area contributed by atoms with Crippen LogP contribution in [0.25, 0.3) is 0 Å². The highest BCUT2D eigenvalue weighted by atomic mass is 32.2. The van der Waals surface area contributed by atoms with Gasteiger partial charge in [0, 0.05) is 31.3 Å². The molecule has 1 N–H and O–H groups in total. The largest absolute Gasteiger partial charge is 0.294 e. The number of nitrogens with one attached hydrogen (secondary N) is 1. The zero-order valence-corrected chi connectivity index (χ0v) is 6.76. The number of hydrogen-bond donors (Lipinski definition) is 1. The smallest absolute Gasteiger partial charge is 0.227 e. The summed E-state index contributed by atoms with van der Waals surface area (Å²) in [6.07, 6.45) is 3.24. The maximum atomic E-state index is 10.4. The van der Waals surface area contributed by atoms with Crippen LogP contribution in [0, 0.1) is 0 Å². The lowest BCUT2D eigenvalue weighted by Gasteiger charge is -1.96. The van der Waals surface area contributed by atoms with E-state index in [0.717, 1.165) is 11.9 Å². The van der Waals surface area contributed by atoms with Crippen LogP contribution in [-0.2, 0) is 4.79 Å². The molecule has 0 aliphatic carbocycles. The van der Waals surface area contributed by atoms with Crippen LogP contribution in [0.15, 0.2) is 23.6 Å². The van der Waals surface area contributed by atoms with Crippen molar-refractivity contribution in [1.29, 1.82) is 0 Å². The summed E-state index contributed by atoms with van der Waals surface area (Å²) < 4.78 is 2.51. The zero-order valence-electron chi connectivity index (χ0n) is 5.94. The van der Waals surface area contributed by atoms with Gasteiger partial charge < -0.3 is 0 Å². The minimum Gasteiger partial charge on any atom is -0.294 e. The van der Waals surface area contributed by atoms with Gasteiger partial charge in [-0.25, -0.2) is 9.97 Å². The van der Waals surface area contributed by atoms with Crippen molar-refractivity contribution >= 4 is 17.9 Å². The molecular formula is C6H7N3OS. The molecule has 0 saturated heterocycles. The van der Waals surface area contributed by atoms with Crippen molar-refractivity contribution in [3.63, 3.8) is 0 Å². The standard InChI is InChI=1S/C6H7N3OS/c1-5(10)9-11-6-7-3-2-4-8-6/h2-4H,1H3,(H,9,10). The molecular weight excluding hydrogens is 162 g/mol. The van der Waals surface area contributed by atoms with Gasteiger partial charge in [0.1, 0.15) is 0 Å². The van der Waals surface area contributed by atoms with E-state index in [1.165, 1.54) is 6.92 Å². The van der Waals surface area contributed by atoms with Gasteiger partial charge in [-0.05, 0) is 6.07 Å². The van der Waals surface area contributed by atoms with Crippen molar-refractivity contribution in [2.24, 2.45) is 0 Å². The monoisotopic (exact) mass is 169 g/mol. The molecule has 0 radical (unpaired) electrons. The molecule has 0 saturated carbocycles. The van der Waals surface area contributed by atoms with Crippen LogP contribution in [0.1, 0.15) is 6.92 Å². The van der Waals surface area contributed by atoms with Gasteiger partial charge in [-0.15, -0.1) is 0 Å². The number of rotatable bonds is 2. The number of carbonyl (C=O) groups excluding carboxylic acids is 1. The molecule has 0 fully saturated rings. The Balaban J connectivity index is 2.45. The fourth-order valence-corrected chi connectivity index (χ4v) is 0.918. The lowest BCUT2D eigenvalue weighted by atomic mass is 10.7. The second-order valence-electron chi connectivity index (χ2n) is 1.79. The Morgan fingerprint density at radius 2 is 2.18 bits per heavy atom. The Morgan fingerprint density at radius 1 is 1.55 bits per heavy atom. The maximum absolute atomic E-state index is 10.4. The molecule has 11 heavy (non-hydrogen) atoms. The highest BCUT2D eigenvalue weighted by Crippen LogP contribution is 2.04. The van der Waals surface area contributed by atoms with Crippen molar-refractivity contribution < 1.29 is 4.79 Å². The number of amides is 1. The van der Waals surface area contributed by atoms with Crippen molar-refractivity contribution in [3.8, 4) is 0 Å². The molecule has 0 unspecified atom stereocenters. The van der Waals surface area contributed by atoms with E-state index < -0.39 is 0 Å². The van der Waals surface area contributed by atoms with Gasteiger partial charge in [0.25, 0.3) is 0 Å². The Kier molecular flexibility index (Phi) is 2.85. The highest BCUT2D eigenvalue weighted by Gasteiger charge is 1.95. The Bertz CT molecular complexity index is 239. The summed E-state index contributed by atoms with van der Waals surface area (Å²) in [4.78, 5) is 18.2. The van der Waals surface area contributed by atoms with Crippen LogP contribution in [0.2, 0.25) is 0 Å². The van der Waals surface area contributed by atoms with Crippen molar-refractivity contribution in [2.75, 3.05) is 0 Å². The van der Waals surface area contributed by atoms with E-state index in [0.29, 0.717) is 5.16 Å². The average Bonchev–Trinajstić information content (AvgIpc) is 2.03. The quantitative estimate of drug-likeness (QED) is 0.521. The van der Waals surface area contributed by atoms with Gasteiger partial charge in [0.05, 0.1) is 0 Å². The summed E-state index contributed by atoms with van der Waals surface area (Å²) in [5.74, 6) is -0.109. The third-order valence-corrected chi connectivity index (χ3v) is 1.61. The number of hydrogen-bond acceptors (Lipinski definition) is 4. The SMILES string of the molecule is CC(=O)NSc1ncccn1. The van der Waals surface area contributed by atoms with E-state index in [1.807, 2.05) is 0 Å². The number of carbonyl (C=O) groups is 1. The van der Waals surface area contributed by atoms with Gasteiger partial charge >= 0.3 is 0 Å². The lowest BCUT2D eigenvalue weighted by Crippen LogP contribution is -2.10. The van der Waals surface area contributed by atoms with Crippen molar-refractivity contribution in [3.05, 3.63) is 18.5 Å². The molecule has 1 rings (SSSR count). The first kappa shape index (κ1) is 8.00. The molecule has 1 aromatic heterocycles. The van der Waals surface area contributed by atoms with Crippen molar-refractivity contribution in [1.82, 2.24) is 14.7 Å². The summed E-state index contributed by atoms with van der Waals surface area (Å²) in [7, 11) is 0. The molecule has 0 spiro atoms. The molecule has 4 nitrogen and oxygen atoms in total. The number of aromatic nitrogens is 2. The summed E-state index contributed by atoms with van der Waals surface area (Å²) >= 11 is 1.11. The highest BCUT2D eigenvalue weighted by molar-refractivity contribution is 7.97. The van der Waals surface area contributed by atoms with Gasteiger partial charge in [-0.1, -0.05) is 0 Å². The number of nitrogens with zero attached hydrogens (tertiary/aromatic N) is 2. The summed E-state index contributed by atoms with van der Waals surface area (Å²) in [6.45, 7) is 1.44. The Morgan fingerprint density at radius 3 is 2.73 bits per heavy atom. The van der Waals surface area contributed by atoms with E-state index in [2.05, 4.69) is 14.7 Å². The third kappa shape index (κ3) is 2.99. The van der Waals surface area contributed by atoms with E-state index in [9.17, 15) is 4.79 Å². The molecule has 0 aliphatic heterocycles. The van der Waals surface area contributed by atoms with Gasteiger partial charge in [0.15, 0.2) is 0 Å². The molecule has 1 amide bonds. The molecule has 0 aromatic carbocycles. The van der Waals surface area contributed by atoms with Crippen LogP contribution in [0.3, 0.4) is 0 Å². The predicted octanol–water partition coefficient (Wildman–Crippen LogP) is 0.620. The van der Waals surface area contributed by atoms with Crippen LogP contribution in [-0.4, -0.2) is 15.9 Å². The minimum absolute atomic E-state index is 0.109. The first-order valence-corrected chi connectivity index (χ1v) is 3.81. The fraction of sp³-hybridized carbons (Fsp3) is 0.167. The Hall–Kier alpha value is -1.10. The molecule has 1 heterocycles. The molecule has 1 aromatic rings. The molecule has 0 atom stereocenters. The second kappa shape index (κ2) is 3.92. The molecule has 5 heteroatoms. The first-order chi connectivity index (χ1) is 5.29. The molecule has 0 aliphatic rings. The van der Waals surface area contributed by atoms with Crippen LogP contribution in [0.4, 0.5) is 0 Å². The lowest BCUT2D eigenvalue weighted by molar-refractivity contribution is -0.117. The topological polar surface area (TPSA) is 54.9 Å². The van der Waals surface area contributed by atoms with Gasteiger partial charge in [-0.2, -0.15) is 0 Å². The van der Waals surface area contributed by atoms with E-state index in [1.54, 1.807) is 18.5 Å². The zero-order chi connectivity index (χ0) is 8.10. The maximum Gasteiger partial charge on any atom is 0.227 e. The minimum atomic E-state index is -0.109.